The first-order chi connectivity index (χ1) is 11.1. The molecule has 2 aliphatic rings. The summed E-state index contributed by atoms with van der Waals surface area (Å²) in [5.74, 6) is 0.0706. The molecule has 6 heteroatoms. The van der Waals surface area contributed by atoms with Crippen molar-refractivity contribution in [3.63, 3.8) is 0 Å². The Labute approximate surface area is 149 Å². The number of fused-ring (bicyclic) bond motifs is 1. The van der Waals surface area contributed by atoms with Gasteiger partial charge in [0, 0.05) is 18.7 Å². The van der Waals surface area contributed by atoms with Crippen molar-refractivity contribution in [1.29, 1.82) is 0 Å². The highest BCUT2D eigenvalue weighted by molar-refractivity contribution is 5.88. The largest absolute Gasteiger partial charge is 0.399 e. The Balaban J connectivity index is 0.00000208. The summed E-state index contributed by atoms with van der Waals surface area (Å²) in [5, 5.41) is 3.17. The third-order valence-electron chi connectivity index (χ3n) is 4.97. The van der Waals surface area contributed by atoms with Crippen LogP contribution in [0.1, 0.15) is 56.2 Å². The van der Waals surface area contributed by atoms with E-state index in [0.29, 0.717) is 19.4 Å². The van der Waals surface area contributed by atoms with E-state index in [1.165, 1.54) is 11.1 Å². The highest BCUT2D eigenvalue weighted by Crippen LogP contribution is 2.31. The number of nitrogens with zero attached hydrogens (tertiary/aromatic N) is 1. The molecule has 0 saturated carbocycles. The van der Waals surface area contributed by atoms with Crippen LogP contribution >= 0.6 is 12.4 Å². The van der Waals surface area contributed by atoms with Gasteiger partial charge in [0.2, 0.25) is 11.8 Å². The van der Waals surface area contributed by atoms with Crippen LogP contribution in [0.3, 0.4) is 0 Å². The second-order valence-electron chi connectivity index (χ2n) is 6.53. The Kier molecular flexibility index (Phi) is 6.10. The monoisotopic (exact) mass is 351 g/mol. The van der Waals surface area contributed by atoms with Crippen molar-refractivity contribution in [1.82, 2.24) is 10.2 Å². The first-order valence-corrected chi connectivity index (χ1v) is 8.58. The lowest BCUT2D eigenvalue weighted by Gasteiger charge is -2.31. The Morgan fingerprint density at radius 3 is 2.83 bits per heavy atom. The van der Waals surface area contributed by atoms with Crippen molar-refractivity contribution in [3.05, 3.63) is 29.3 Å². The van der Waals surface area contributed by atoms with Crippen molar-refractivity contribution in [2.45, 2.75) is 57.5 Å². The zero-order chi connectivity index (χ0) is 16.4. The smallest absolute Gasteiger partial charge is 0.243 e. The Hall–Kier alpha value is -1.75. The summed E-state index contributed by atoms with van der Waals surface area (Å²) in [6.07, 6.45) is 5.06. The number of rotatable bonds is 4. The number of aryl methyl sites for hydroxylation is 1. The second-order valence-corrected chi connectivity index (χ2v) is 6.53. The summed E-state index contributed by atoms with van der Waals surface area (Å²) in [6, 6.07) is 5.61. The van der Waals surface area contributed by atoms with Gasteiger partial charge in [-0.3, -0.25) is 9.59 Å². The fraction of sp³-hybridized carbons (Fsp3) is 0.556. The van der Waals surface area contributed by atoms with Gasteiger partial charge in [-0.05, 0) is 55.4 Å². The van der Waals surface area contributed by atoms with Gasteiger partial charge in [0.1, 0.15) is 6.04 Å². The lowest BCUT2D eigenvalue weighted by atomic mass is 9.87. The maximum atomic E-state index is 12.7. The molecule has 1 aliphatic carbocycles. The third-order valence-corrected chi connectivity index (χ3v) is 4.97. The number of hydrogen-bond donors (Lipinski definition) is 2. The van der Waals surface area contributed by atoms with E-state index in [4.69, 9.17) is 5.73 Å². The molecule has 5 nitrogen and oxygen atoms in total. The van der Waals surface area contributed by atoms with E-state index in [1.54, 1.807) is 4.90 Å². The number of anilines is 1. The number of nitrogens with two attached hydrogens (primary N) is 1. The first-order valence-electron chi connectivity index (χ1n) is 8.58. The average molecular weight is 352 g/mol. The predicted molar refractivity (Wildman–Crippen MR) is 97.0 cm³/mol. The summed E-state index contributed by atoms with van der Waals surface area (Å²) in [4.78, 5) is 26.4. The van der Waals surface area contributed by atoms with Crippen molar-refractivity contribution in [2.24, 2.45) is 0 Å². The molecule has 1 aromatic rings. The van der Waals surface area contributed by atoms with E-state index < -0.39 is 0 Å². The van der Waals surface area contributed by atoms with Crippen LogP contribution in [0.2, 0.25) is 0 Å². The molecule has 1 aromatic carbocycles. The molecular formula is C18H26ClN3O2. The number of amides is 2. The molecule has 3 N–H and O–H groups in total. The zero-order valence-corrected chi connectivity index (χ0v) is 14.9. The molecule has 3 rings (SSSR count). The number of halogens is 1. The third kappa shape index (κ3) is 3.66. The molecule has 0 radical (unpaired) electrons. The highest BCUT2D eigenvalue weighted by atomic mass is 35.5. The van der Waals surface area contributed by atoms with E-state index >= 15 is 0 Å². The summed E-state index contributed by atoms with van der Waals surface area (Å²) in [6.45, 7) is 2.66. The highest BCUT2D eigenvalue weighted by Gasteiger charge is 2.33. The molecule has 1 heterocycles. The van der Waals surface area contributed by atoms with Gasteiger partial charge < -0.3 is 16.0 Å². The minimum atomic E-state index is -0.343. The van der Waals surface area contributed by atoms with Crippen LogP contribution < -0.4 is 11.1 Å². The number of carbonyl (C=O) groups is 2. The quantitative estimate of drug-likeness (QED) is 0.819. The molecular weight excluding hydrogens is 326 g/mol. The zero-order valence-electron chi connectivity index (χ0n) is 14.1. The topological polar surface area (TPSA) is 75.4 Å². The van der Waals surface area contributed by atoms with E-state index in [1.807, 2.05) is 25.1 Å². The van der Waals surface area contributed by atoms with Crippen molar-refractivity contribution in [2.75, 3.05) is 12.3 Å². The van der Waals surface area contributed by atoms with Gasteiger partial charge in [0.05, 0.1) is 6.04 Å². The molecule has 2 amide bonds. The molecule has 24 heavy (non-hydrogen) atoms. The van der Waals surface area contributed by atoms with E-state index in [-0.39, 0.29) is 36.3 Å². The molecule has 0 bridgehead atoms. The van der Waals surface area contributed by atoms with Crippen LogP contribution in [0.4, 0.5) is 5.69 Å². The molecule has 132 valence electrons. The Morgan fingerprint density at radius 2 is 2.17 bits per heavy atom. The fourth-order valence-electron chi connectivity index (χ4n) is 3.80. The average Bonchev–Trinajstić information content (AvgIpc) is 2.94. The minimum Gasteiger partial charge on any atom is -0.399 e. The molecule has 0 spiro atoms. The second kappa shape index (κ2) is 7.88. The summed E-state index contributed by atoms with van der Waals surface area (Å²) < 4.78 is 0. The van der Waals surface area contributed by atoms with E-state index in [9.17, 15) is 9.59 Å². The van der Waals surface area contributed by atoms with Crippen LogP contribution in [0.15, 0.2) is 18.2 Å². The SMILES string of the molecule is CCC(C(=O)NC1CCCc2cc(N)ccc21)N1CCCC1=O.Cl. The van der Waals surface area contributed by atoms with Gasteiger partial charge in [0.15, 0.2) is 0 Å². The number of carbonyl (C=O) groups excluding carboxylic acids is 2. The number of hydrogen-bond acceptors (Lipinski definition) is 3. The fourth-order valence-corrected chi connectivity index (χ4v) is 3.80. The lowest BCUT2D eigenvalue weighted by Crippen LogP contribution is -2.48. The molecule has 1 aliphatic heterocycles. The molecule has 1 fully saturated rings. The van der Waals surface area contributed by atoms with Crippen LogP contribution in [-0.2, 0) is 16.0 Å². The van der Waals surface area contributed by atoms with E-state index in [0.717, 1.165) is 31.4 Å². The summed E-state index contributed by atoms with van der Waals surface area (Å²) >= 11 is 0. The maximum absolute atomic E-state index is 12.7. The Bertz CT molecular complexity index is 620. The van der Waals surface area contributed by atoms with Gasteiger partial charge in [-0.2, -0.15) is 0 Å². The van der Waals surface area contributed by atoms with Gasteiger partial charge in [-0.15, -0.1) is 12.4 Å². The van der Waals surface area contributed by atoms with Gasteiger partial charge in [0.25, 0.3) is 0 Å². The number of benzene rings is 1. The molecule has 2 atom stereocenters. The molecule has 1 saturated heterocycles. The lowest BCUT2D eigenvalue weighted by molar-refractivity contribution is -0.138. The van der Waals surface area contributed by atoms with Crippen molar-refractivity contribution >= 4 is 29.9 Å². The minimum absolute atomic E-state index is 0. The van der Waals surface area contributed by atoms with Gasteiger partial charge in [-0.25, -0.2) is 0 Å². The van der Waals surface area contributed by atoms with Crippen LogP contribution in [0, 0.1) is 0 Å². The van der Waals surface area contributed by atoms with Gasteiger partial charge >= 0.3 is 0 Å². The van der Waals surface area contributed by atoms with Crippen molar-refractivity contribution in [3.8, 4) is 0 Å². The summed E-state index contributed by atoms with van der Waals surface area (Å²) in [7, 11) is 0. The van der Waals surface area contributed by atoms with Crippen LogP contribution in [0.5, 0.6) is 0 Å². The number of nitrogens with one attached hydrogen (secondary N) is 1. The Morgan fingerprint density at radius 1 is 1.38 bits per heavy atom. The number of likely N-dealkylation sites (tertiary alicyclic amines) is 1. The maximum Gasteiger partial charge on any atom is 0.243 e. The predicted octanol–water partition coefficient (Wildman–Crippen LogP) is 2.59. The summed E-state index contributed by atoms with van der Waals surface area (Å²) in [5.41, 5.74) is 9.03. The normalized spacial score (nSPS) is 21.0. The number of nitrogen functional groups attached to an aromatic ring is 1. The van der Waals surface area contributed by atoms with Crippen molar-refractivity contribution < 1.29 is 9.59 Å². The standard InChI is InChI=1S/C18H25N3O2.ClH/c1-2-16(21-10-4-7-17(21)22)18(23)20-15-6-3-5-12-11-13(19)8-9-14(12)15;/h8-9,11,15-16H,2-7,10,19H2,1H3,(H,20,23);1H. The molecule has 0 aromatic heterocycles. The van der Waals surface area contributed by atoms with Gasteiger partial charge in [-0.1, -0.05) is 13.0 Å². The van der Waals surface area contributed by atoms with Crippen LogP contribution in [-0.4, -0.2) is 29.3 Å². The first kappa shape index (κ1) is 18.6. The van der Waals surface area contributed by atoms with Crippen LogP contribution in [0.25, 0.3) is 0 Å². The molecule has 2 unspecified atom stereocenters. The van der Waals surface area contributed by atoms with E-state index in [2.05, 4.69) is 5.32 Å².